The second-order valence-corrected chi connectivity index (χ2v) is 6.38. The Labute approximate surface area is 151 Å². The van der Waals surface area contributed by atoms with Gasteiger partial charge in [0.15, 0.2) is 6.61 Å². The molecule has 0 bridgehead atoms. The number of amides is 1. The van der Waals surface area contributed by atoms with Crippen molar-refractivity contribution in [2.75, 3.05) is 29.9 Å². The highest BCUT2D eigenvalue weighted by Gasteiger charge is 2.07. The Morgan fingerprint density at radius 2 is 1.79 bits per heavy atom. The molecule has 0 aliphatic rings. The molecule has 0 unspecified atom stereocenters. The van der Waals surface area contributed by atoms with Crippen LogP contribution in [0.25, 0.3) is 0 Å². The Bertz CT molecular complexity index is 682. The molecule has 0 aromatic heterocycles. The van der Waals surface area contributed by atoms with Crippen molar-refractivity contribution in [1.29, 1.82) is 0 Å². The van der Waals surface area contributed by atoms with Gasteiger partial charge in [0.05, 0.1) is 0 Å². The molecule has 128 valence electrons. The van der Waals surface area contributed by atoms with Gasteiger partial charge < -0.3 is 15.0 Å². The molecule has 0 saturated heterocycles. The highest BCUT2D eigenvalue weighted by molar-refractivity contribution is 9.10. The van der Waals surface area contributed by atoms with E-state index in [2.05, 4.69) is 40.0 Å². The molecule has 2 aromatic rings. The van der Waals surface area contributed by atoms with Crippen LogP contribution in [-0.4, -0.2) is 25.6 Å². The van der Waals surface area contributed by atoms with E-state index in [1.54, 1.807) is 0 Å². The summed E-state index contributed by atoms with van der Waals surface area (Å²) in [4.78, 5) is 14.3. The van der Waals surface area contributed by atoms with Crippen LogP contribution in [-0.2, 0) is 4.79 Å². The average Bonchev–Trinajstić information content (AvgIpc) is 2.56. The maximum Gasteiger partial charge on any atom is 0.262 e. The molecule has 0 aliphatic heterocycles. The van der Waals surface area contributed by atoms with E-state index in [-0.39, 0.29) is 12.5 Å². The molecule has 0 heterocycles. The van der Waals surface area contributed by atoms with E-state index < -0.39 is 0 Å². The minimum absolute atomic E-state index is 0.0136. The van der Waals surface area contributed by atoms with Crippen LogP contribution in [0.3, 0.4) is 0 Å². The molecule has 0 radical (unpaired) electrons. The van der Waals surface area contributed by atoms with Gasteiger partial charge in [0.1, 0.15) is 5.75 Å². The Morgan fingerprint density at radius 3 is 2.38 bits per heavy atom. The predicted octanol–water partition coefficient (Wildman–Crippen LogP) is 4.62. The molecule has 0 atom stereocenters. The molecule has 1 N–H and O–H groups in total. The monoisotopic (exact) mass is 390 g/mol. The summed E-state index contributed by atoms with van der Waals surface area (Å²) in [6, 6.07) is 13.6. The second kappa shape index (κ2) is 8.73. The maximum absolute atomic E-state index is 12.0. The molecule has 1 amide bonds. The highest BCUT2D eigenvalue weighted by Crippen LogP contribution is 2.22. The number of hydrogen-bond donors (Lipinski definition) is 1. The minimum atomic E-state index is -0.173. The Balaban J connectivity index is 1.90. The number of nitrogens with one attached hydrogen (secondary N) is 1. The van der Waals surface area contributed by atoms with Gasteiger partial charge >= 0.3 is 0 Å². The first-order valence-electron chi connectivity index (χ1n) is 8.07. The van der Waals surface area contributed by atoms with E-state index in [9.17, 15) is 4.79 Å². The summed E-state index contributed by atoms with van der Waals surface area (Å²) in [5.74, 6) is 0.540. The van der Waals surface area contributed by atoms with Gasteiger partial charge in [-0.2, -0.15) is 0 Å². The summed E-state index contributed by atoms with van der Waals surface area (Å²) in [6.45, 7) is 8.11. The number of aryl methyl sites for hydroxylation is 1. The zero-order valence-electron chi connectivity index (χ0n) is 14.3. The quantitative estimate of drug-likeness (QED) is 0.749. The van der Waals surface area contributed by atoms with Gasteiger partial charge in [0.25, 0.3) is 5.91 Å². The fraction of sp³-hybridized carbons (Fsp3) is 0.316. The smallest absolute Gasteiger partial charge is 0.262 e. The molecule has 4 nitrogen and oxygen atoms in total. The van der Waals surface area contributed by atoms with Crippen LogP contribution in [0.1, 0.15) is 19.4 Å². The van der Waals surface area contributed by atoms with E-state index in [4.69, 9.17) is 4.74 Å². The van der Waals surface area contributed by atoms with E-state index in [0.717, 1.165) is 34.5 Å². The summed E-state index contributed by atoms with van der Waals surface area (Å²) in [5.41, 5.74) is 2.91. The van der Waals surface area contributed by atoms with Gasteiger partial charge in [0.2, 0.25) is 0 Å². The molecular formula is C19H23BrN2O2. The number of anilines is 2. The number of nitrogens with zero attached hydrogens (tertiary/aromatic N) is 1. The number of halogens is 1. The first-order valence-corrected chi connectivity index (χ1v) is 8.86. The predicted molar refractivity (Wildman–Crippen MR) is 103 cm³/mol. The lowest BCUT2D eigenvalue weighted by Crippen LogP contribution is -2.22. The van der Waals surface area contributed by atoms with Crippen LogP contribution in [0, 0.1) is 6.92 Å². The van der Waals surface area contributed by atoms with Gasteiger partial charge in [-0.05, 0) is 68.8 Å². The summed E-state index contributed by atoms with van der Waals surface area (Å²) < 4.78 is 6.57. The molecular weight excluding hydrogens is 368 g/mol. The van der Waals surface area contributed by atoms with Crippen LogP contribution in [0.15, 0.2) is 46.9 Å². The molecule has 2 rings (SSSR count). The Hall–Kier alpha value is -2.01. The number of ether oxygens (including phenoxy) is 1. The van der Waals surface area contributed by atoms with Crippen molar-refractivity contribution < 1.29 is 9.53 Å². The van der Waals surface area contributed by atoms with E-state index >= 15 is 0 Å². The molecule has 24 heavy (non-hydrogen) atoms. The van der Waals surface area contributed by atoms with Crippen molar-refractivity contribution in [3.05, 3.63) is 52.5 Å². The van der Waals surface area contributed by atoms with E-state index in [1.165, 1.54) is 0 Å². The fourth-order valence-electron chi connectivity index (χ4n) is 2.46. The minimum Gasteiger partial charge on any atom is -0.483 e. The number of rotatable bonds is 7. The summed E-state index contributed by atoms with van der Waals surface area (Å²) >= 11 is 3.41. The second-order valence-electron chi connectivity index (χ2n) is 5.47. The number of carbonyl (C=O) groups is 1. The van der Waals surface area contributed by atoms with Crippen molar-refractivity contribution in [1.82, 2.24) is 0 Å². The van der Waals surface area contributed by atoms with Gasteiger partial charge in [-0.15, -0.1) is 0 Å². The Morgan fingerprint density at radius 1 is 1.12 bits per heavy atom. The van der Waals surface area contributed by atoms with E-state index in [0.29, 0.717) is 5.75 Å². The van der Waals surface area contributed by atoms with Crippen molar-refractivity contribution in [2.45, 2.75) is 20.8 Å². The first-order chi connectivity index (χ1) is 11.5. The molecule has 2 aromatic carbocycles. The zero-order chi connectivity index (χ0) is 17.5. The SMILES string of the molecule is CCN(CC)c1ccc(NC(=O)COc2ccc(Br)cc2C)cc1. The maximum atomic E-state index is 12.0. The summed E-state index contributed by atoms with van der Waals surface area (Å²) in [6.07, 6.45) is 0. The van der Waals surface area contributed by atoms with Crippen LogP contribution >= 0.6 is 15.9 Å². The first kappa shape index (κ1) is 18.3. The van der Waals surface area contributed by atoms with Crippen molar-refractivity contribution in [3.8, 4) is 5.75 Å². The Kier molecular flexibility index (Phi) is 6.67. The highest BCUT2D eigenvalue weighted by atomic mass is 79.9. The lowest BCUT2D eigenvalue weighted by atomic mass is 10.2. The lowest BCUT2D eigenvalue weighted by Gasteiger charge is -2.21. The topological polar surface area (TPSA) is 41.6 Å². The molecule has 0 spiro atoms. The van der Waals surface area contributed by atoms with Crippen molar-refractivity contribution in [3.63, 3.8) is 0 Å². The largest absolute Gasteiger partial charge is 0.483 e. The molecule has 0 fully saturated rings. The van der Waals surface area contributed by atoms with Crippen LogP contribution in [0.2, 0.25) is 0 Å². The standard InChI is InChI=1S/C19H23BrN2O2/c1-4-22(5-2)17-9-7-16(8-10-17)21-19(23)13-24-18-11-6-15(20)12-14(18)3/h6-12H,4-5,13H2,1-3H3,(H,21,23). The van der Waals surface area contributed by atoms with Gasteiger partial charge in [-0.1, -0.05) is 15.9 Å². The van der Waals surface area contributed by atoms with E-state index in [1.807, 2.05) is 49.4 Å². The molecule has 0 aliphatic carbocycles. The lowest BCUT2D eigenvalue weighted by molar-refractivity contribution is -0.118. The number of benzene rings is 2. The van der Waals surface area contributed by atoms with Gasteiger partial charge in [0, 0.05) is 28.9 Å². The third-order valence-corrected chi connectivity index (χ3v) is 4.27. The van der Waals surface area contributed by atoms with Crippen LogP contribution < -0.4 is 15.0 Å². The van der Waals surface area contributed by atoms with Crippen LogP contribution in [0.4, 0.5) is 11.4 Å². The molecule has 5 heteroatoms. The van der Waals surface area contributed by atoms with Gasteiger partial charge in [-0.25, -0.2) is 0 Å². The third-order valence-electron chi connectivity index (χ3n) is 3.78. The van der Waals surface area contributed by atoms with Crippen molar-refractivity contribution in [2.24, 2.45) is 0 Å². The summed E-state index contributed by atoms with van der Waals surface area (Å²) in [5, 5.41) is 2.85. The van der Waals surface area contributed by atoms with Gasteiger partial charge in [-0.3, -0.25) is 4.79 Å². The zero-order valence-corrected chi connectivity index (χ0v) is 15.9. The van der Waals surface area contributed by atoms with Crippen molar-refractivity contribution >= 4 is 33.2 Å². The van der Waals surface area contributed by atoms with Crippen LogP contribution in [0.5, 0.6) is 5.75 Å². The number of carbonyl (C=O) groups excluding carboxylic acids is 1. The molecule has 0 saturated carbocycles. The number of hydrogen-bond acceptors (Lipinski definition) is 3. The normalized spacial score (nSPS) is 10.3. The fourth-order valence-corrected chi connectivity index (χ4v) is 2.94. The summed E-state index contributed by atoms with van der Waals surface area (Å²) in [7, 11) is 0. The average molecular weight is 391 g/mol. The third kappa shape index (κ3) is 4.99.